The normalized spacial score (nSPS) is 17.2. The Kier molecular flexibility index (Phi) is 4.94. The van der Waals surface area contributed by atoms with Crippen molar-refractivity contribution in [3.63, 3.8) is 0 Å². The zero-order valence-electron chi connectivity index (χ0n) is 5.54. The first kappa shape index (κ1) is 9.07. The molecule has 0 radical (unpaired) electrons. The standard InChI is InChI=1S/C5H13NO2S/c1-5(4-6)9(8)3-2-7/h5,7H,2-4,6H2,1H3. The van der Waals surface area contributed by atoms with E-state index in [1.807, 2.05) is 6.92 Å². The van der Waals surface area contributed by atoms with Gasteiger partial charge >= 0.3 is 0 Å². The van der Waals surface area contributed by atoms with Crippen LogP contribution in [0.2, 0.25) is 0 Å². The average Bonchev–Trinajstić information content (AvgIpc) is 1.87. The molecule has 0 rings (SSSR count). The molecule has 0 amide bonds. The van der Waals surface area contributed by atoms with E-state index < -0.39 is 10.8 Å². The van der Waals surface area contributed by atoms with Crippen molar-refractivity contribution < 1.29 is 9.32 Å². The Labute approximate surface area is 57.7 Å². The highest BCUT2D eigenvalue weighted by Gasteiger charge is 2.06. The maximum atomic E-state index is 10.8. The van der Waals surface area contributed by atoms with E-state index in [1.165, 1.54) is 0 Å². The molecule has 4 heteroatoms. The zero-order valence-corrected chi connectivity index (χ0v) is 6.36. The Balaban J connectivity index is 3.46. The molecule has 0 saturated heterocycles. The third kappa shape index (κ3) is 3.61. The van der Waals surface area contributed by atoms with Gasteiger partial charge in [-0.25, -0.2) is 0 Å². The second-order valence-electron chi connectivity index (χ2n) is 1.85. The second-order valence-corrected chi connectivity index (χ2v) is 3.83. The third-order valence-corrected chi connectivity index (χ3v) is 2.75. The van der Waals surface area contributed by atoms with Crippen LogP contribution in [-0.4, -0.2) is 33.5 Å². The highest BCUT2D eigenvalue weighted by atomic mass is 32.2. The van der Waals surface area contributed by atoms with E-state index in [-0.39, 0.29) is 11.9 Å². The minimum Gasteiger partial charge on any atom is -0.395 e. The number of aliphatic hydroxyl groups excluding tert-OH is 1. The van der Waals surface area contributed by atoms with E-state index in [2.05, 4.69) is 0 Å². The summed E-state index contributed by atoms with van der Waals surface area (Å²) < 4.78 is 10.8. The molecule has 0 heterocycles. The molecule has 2 atom stereocenters. The van der Waals surface area contributed by atoms with Gasteiger partial charge in [-0.3, -0.25) is 4.21 Å². The fourth-order valence-electron chi connectivity index (χ4n) is 0.398. The van der Waals surface area contributed by atoms with Crippen LogP contribution in [0.5, 0.6) is 0 Å². The quantitative estimate of drug-likeness (QED) is 0.546. The van der Waals surface area contributed by atoms with Gasteiger partial charge in [0.1, 0.15) is 0 Å². The van der Waals surface area contributed by atoms with E-state index in [9.17, 15) is 4.21 Å². The first-order valence-corrected chi connectivity index (χ1v) is 4.28. The number of rotatable bonds is 4. The Bertz CT molecular complexity index is 97.0. The molecule has 0 aliphatic carbocycles. The summed E-state index contributed by atoms with van der Waals surface area (Å²) >= 11 is 0. The van der Waals surface area contributed by atoms with E-state index in [1.54, 1.807) is 0 Å². The monoisotopic (exact) mass is 151 g/mol. The van der Waals surface area contributed by atoms with E-state index in [0.29, 0.717) is 12.3 Å². The molecular weight excluding hydrogens is 138 g/mol. The van der Waals surface area contributed by atoms with E-state index >= 15 is 0 Å². The third-order valence-electron chi connectivity index (χ3n) is 1.07. The van der Waals surface area contributed by atoms with Gasteiger partial charge in [0, 0.05) is 28.3 Å². The lowest BCUT2D eigenvalue weighted by Gasteiger charge is -2.05. The summed E-state index contributed by atoms with van der Waals surface area (Å²) in [4.78, 5) is 0. The maximum absolute atomic E-state index is 10.8. The molecule has 2 unspecified atom stereocenters. The Hall–Kier alpha value is 0.0700. The van der Waals surface area contributed by atoms with Crippen molar-refractivity contribution in [2.45, 2.75) is 12.2 Å². The summed E-state index contributed by atoms with van der Waals surface area (Å²) in [5.74, 6) is 0.346. The van der Waals surface area contributed by atoms with Crippen LogP contribution in [0.25, 0.3) is 0 Å². The number of aliphatic hydroxyl groups is 1. The van der Waals surface area contributed by atoms with Gasteiger partial charge in [-0.05, 0) is 6.92 Å². The van der Waals surface area contributed by atoms with Gasteiger partial charge in [-0.2, -0.15) is 0 Å². The first-order valence-electron chi connectivity index (χ1n) is 2.90. The highest BCUT2D eigenvalue weighted by Crippen LogP contribution is 1.91. The molecule has 0 fully saturated rings. The average molecular weight is 151 g/mol. The molecule has 0 bridgehead atoms. The van der Waals surface area contributed by atoms with Crippen molar-refractivity contribution in [3.8, 4) is 0 Å². The molecule has 0 aliphatic heterocycles. The summed E-state index contributed by atoms with van der Waals surface area (Å²) in [6, 6.07) is 0. The van der Waals surface area contributed by atoms with Crippen LogP contribution in [0, 0.1) is 0 Å². The topological polar surface area (TPSA) is 63.3 Å². The summed E-state index contributed by atoms with van der Waals surface area (Å²) in [7, 11) is -0.940. The molecule has 0 aromatic rings. The Morgan fingerprint density at radius 3 is 2.67 bits per heavy atom. The molecule has 3 N–H and O–H groups in total. The van der Waals surface area contributed by atoms with Crippen molar-refractivity contribution in [2.24, 2.45) is 5.73 Å². The van der Waals surface area contributed by atoms with Gasteiger partial charge in [0.25, 0.3) is 0 Å². The minimum absolute atomic E-state index is 0.0112. The van der Waals surface area contributed by atoms with E-state index in [4.69, 9.17) is 10.8 Å². The smallest absolute Gasteiger partial charge is 0.0546 e. The lowest BCUT2D eigenvalue weighted by Crippen LogP contribution is -2.24. The van der Waals surface area contributed by atoms with Gasteiger partial charge in [-0.1, -0.05) is 0 Å². The Morgan fingerprint density at radius 2 is 2.33 bits per heavy atom. The van der Waals surface area contributed by atoms with Gasteiger partial charge in [-0.15, -0.1) is 0 Å². The fraction of sp³-hybridized carbons (Fsp3) is 1.00. The lowest BCUT2D eigenvalue weighted by molar-refractivity contribution is 0.321. The molecule has 3 nitrogen and oxygen atoms in total. The van der Waals surface area contributed by atoms with Crippen molar-refractivity contribution in [1.82, 2.24) is 0 Å². The van der Waals surface area contributed by atoms with Crippen LogP contribution < -0.4 is 5.73 Å². The van der Waals surface area contributed by atoms with Crippen LogP contribution in [0.1, 0.15) is 6.92 Å². The largest absolute Gasteiger partial charge is 0.395 e. The van der Waals surface area contributed by atoms with Crippen LogP contribution in [0.4, 0.5) is 0 Å². The molecule has 9 heavy (non-hydrogen) atoms. The van der Waals surface area contributed by atoms with Gasteiger partial charge in [0.05, 0.1) is 6.61 Å². The number of hydrogen-bond donors (Lipinski definition) is 2. The summed E-state index contributed by atoms with van der Waals surface area (Å²) in [5.41, 5.74) is 5.23. The van der Waals surface area contributed by atoms with Gasteiger partial charge in [0.2, 0.25) is 0 Å². The van der Waals surface area contributed by atoms with Crippen LogP contribution in [-0.2, 0) is 10.8 Å². The highest BCUT2D eigenvalue weighted by molar-refractivity contribution is 7.85. The molecule has 0 spiro atoms. The second kappa shape index (κ2) is 4.90. The lowest BCUT2D eigenvalue weighted by atomic mass is 10.5. The molecule has 56 valence electrons. The zero-order chi connectivity index (χ0) is 7.28. The summed E-state index contributed by atoms with van der Waals surface area (Å²) in [6.45, 7) is 2.22. The molecule has 0 saturated carbocycles. The number of nitrogens with two attached hydrogens (primary N) is 1. The van der Waals surface area contributed by atoms with Gasteiger partial charge < -0.3 is 10.8 Å². The van der Waals surface area contributed by atoms with E-state index in [0.717, 1.165) is 0 Å². The van der Waals surface area contributed by atoms with Crippen LogP contribution >= 0.6 is 0 Å². The fourth-order valence-corrected chi connectivity index (χ4v) is 1.20. The molecule has 0 aromatic carbocycles. The van der Waals surface area contributed by atoms with Crippen molar-refractivity contribution in [1.29, 1.82) is 0 Å². The van der Waals surface area contributed by atoms with Crippen molar-refractivity contribution >= 4 is 10.8 Å². The van der Waals surface area contributed by atoms with Crippen LogP contribution in [0.3, 0.4) is 0 Å². The van der Waals surface area contributed by atoms with Gasteiger partial charge in [0.15, 0.2) is 0 Å². The summed E-state index contributed by atoms with van der Waals surface area (Å²) in [5, 5.41) is 8.36. The first-order chi connectivity index (χ1) is 4.22. The predicted octanol–water partition coefficient (Wildman–Crippen LogP) is -0.925. The molecule has 0 aliphatic rings. The Morgan fingerprint density at radius 1 is 1.78 bits per heavy atom. The summed E-state index contributed by atoms with van der Waals surface area (Å²) in [6.07, 6.45) is 0. The molecule has 0 aromatic heterocycles. The predicted molar refractivity (Wildman–Crippen MR) is 38.6 cm³/mol. The van der Waals surface area contributed by atoms with Crippen molar-refractivity contribution in [2.75, 3.05) is 18.9 Å². The molecular formula is C5H13NO2S. The maximum Gasteiger partial charge on any atom is 0.0546 e. The van der Waals surface area contributed by atoms with Crippen molar-refractivity contribution in [3.05, 3.63) is 0 Å². The minimum atomic E-state index is -0.940. The SMILES string of the molecule is CC(CN)S(=O)CCO. The number of hydrogen-bond acceptors (Lipinski definition) is 3. The van der Waals surface area contributed by atoms with Crippen LogP contribution in [0.15, 0.2) is 0 Å².